The average molecular weight is 121 g/mol. The van der Waals surface area contributed by atoms with Crippen LogP contribution in [-0.2, 0) is 0 Å². The lowest BCUT2D eigenvalue weighted by Gasteiger charge is -1.91. The summed E-state index contributed by atoms with van der Waals surface area (Å²) in [7, 11) is 0. The van der Waals surface area contributed by atoms with Crippen LogP contribution in [-0.4, -0.2) is 0 Å². The molecule has 0 heterocycles. The molecular weight excluding hydrogens is 108 g/mol. The smallest absolute Gasteiger partial charge is 0.0276 e. The minimum Gasteiger partial charge on any atom is -0.0845 e. The molecule has 0 aromatic rings. The minimum atomic E-state index is 1.14. The van der Waals surface area contributed by atoms with Gasteiger partial charge in [-0.1, -0.05) is 24.6 Å². The van der Waals surface area contributed by atoms with Gasteiger partial charge in [-0.25, -0.2) is 0 Å². The van der Waals surface area contributed by atoms with Crippen molar-refractivity contribution in [2.45, 2.75) is 32.1 Å². The Morgan fingerprint density at radius 1 is 1.11 bits per heavy atom. The van der Waals surface area contributed by atoms with E-state index in [1.54, 1.807) is 0 Å². The van der Waals surface area contributed by atoms with Crippen LogP contribution in [0.15, 0.2) is 18.2 Å². The lowest BCUT2D eigenvalue weighted by atomic mass is 10.1. The van der Waals surface area contributed by atoms with E-state index in [1.807, 2.05) is 6.08 Å². The largest absolute Gasteiger partial charge is 0.0845 e. The summed E-state index contributed by atoms with van der Waals surface area (Å²) in [5.41, 5.74) is 0. The number of hydrogen-bond acceptors (Lipinski definition) is 0. The van der Waals surface area contributed by atoms with Gasteiger partial charge in [0.2, 0.25) is 0 Å². The summed E-state index contributed by atoms with van der Waals surface area (Å²) < 4.78 is 0. The fraction of sp³-hybridized carbons (Fsp3) is 0.556. The first-order chi connectivity index (χ1) is 4.50. The first kappa shape index (κ1) is 6.60. The summed E-state index contributed by atoms with van der Waals surface area (Å²) in [5, 5.41) is 0. The normalized spacial score (nSPS) is 27.6. The summed E-state index contributed by atoms with van der Waals surface area (Å²) in [5.74, 6) is 0. The van der Waals surface area contributed by atoms with Gasteiger partial charge in [-0.15, -0.1) is 0 Å². The van der Waals surface area contributed by atoms with Crippen LogP contribution in [0.3, 0.4) is 0 Å². The second-order valence-corrected chi connectivity index (χ2v) is 2.40. The Morgan fingerprint density at radius 3 is 3.11 bits per heavy atom. The van der Waals surface area contributed by atoms with Crippen molar-refractivity contribution in [3.8, 4) is 0 Å². The predicted molar refractivity (Wildman–Crippen MR) is 40.0 cm³/mol. The zero-order valence-electron chi connectivity index (χ0n) is 5.77. The van der Waals surface area contributed by atoms with Gasteiger partial charge in [0.15, 0.2) is 0 Å². The summed E-state index contributed by atoms with van der Waals surface area (Å²) in [4.78, 5) is 0. The minimum absolute atomic E-state index is 1.14. The Morgan fingerprint density at radius 2 is 2.11 bits per heavy atom. The second-order valence-electron chi connectivity index (χ2n) is 2.40. The van der Waals surface area contributed by atoms with Crippen molar-refractivity contribution in [2.24, 2.45) is 0 Å². The molecule has 0 fully saturated rings. The van der Waals surface area contributed by atoms with Crippen LogP contribution in [0.4, 0.5) is 0 Å². The van der Waals surface area contributed by atoms with Gasteiger partial charge in [-0.3, -0.25) is 0 Å². The molecule has 0 atom stereocenters. The van der Waals surface area contributed by atoms with Crippen molar-refractivity contribution in [3.05, 3.63) is 24.3 Å². The lowest BCUT2D eigenvalue weighted by Crippen LogP contribution is -1.72. The quantitative estimate of drug-likeness (QED) is 0.462. The van der Waals surface area contributed by atoms with E-state index in [-0.39, 0.29) is 0 Å². The molecular formula is C9H13. The zero-order valence-corrected chi connectivity index (χ0v) is 5.77. The molecule has 1 rings (SSSR count). The van der Waals surface area contributed by atoms with Crippen molar-refractivity contribution in [3.63, 3.8) is 0 Å². The highest BCUT2D eigenvalue weighted by Gasteiger charge is 1.86. The zero-order chi connectivity index (χ0) is 6.36. The van der Waals surface area contributed by atoms with Crippen LogP contribution in [0.5, 0.6) is 0 Å². The molecule has 0 heteroatoms. The molecule has 0 aliphatic heterocycles. The van der Waals surface area contributed by atoms with E-state index in [0.717, 1.165) is 6.42 Å². The highest BCUT2D eigenvalue weighted by atomic mass is 13.9. The van der Waals surface area contributed by atoms with Crippen molar-refractivity contribution in [1.82, 2.24) is 0 Å². The first-order valence-corrected chi connectivity index (χ1v) is 3.72. The maximum atomic E-state index is 3.22. The van der Waals surface area contributed by atoms with E-state index < -0.39 is 0 Å². The molecule has 0 N–H and O–H groups in total. The SMILES string of the molecule is [C]1=C\C=C\CCCCC/1. The van der Waals surface area contributed by atoms with Gasteiger partial charge >= 0.3 is 0 Å². The maximum absolute atomic E-state index is 3.22. The Balaban J connectivity index is 2.28. The van der Waals surface area contributed by atoms with E-state index in [9.17, 15) is 0 Å². The van der Waals surface area contributed by atoms with Gasteiger partial charge in [0.25, 0.3) is 0 Å². The Hall–Kier alpha value is -0.520. The van der Waals surface area contributed by atoms with Crippen LogP contribution < -0.4 is 0 Å². The van der Waals surface area contributed by atoms with E-state index in [2.05, 4.69) is 18.2 Å². The van der Waals surface area contributed by atoms with Crippen molar-refractivity contribution in [2.75, 3.05) is 0 Å². The second kappa shape index (κ2) is 4.37. The standard InChI is InChI=1S/C9H13/c1-2-4-6-8-9-7-5-3-1/h1-3H,4,6-9H2/b2-1+,5-3?. The van der Waals surface area contributed by atoms with Crippen LogP contribution >= 0.6 is 0 Å². The monoisotopic (exact) mass is 121 g/mol. The molecule has 0 aromatic carbocycles. The van der Waals surface area contributed by atoms with Crippen molar-refractivity contribution >= 4 is 0 Å². The molecule has 0 saturated carbocycles. The van der Waals surface area contributed by atoms with E-state index in [4.69, 9.17) is 0 Å². The third-order valence-electron chi connectivity index (χ3n) is 1.54. The first-order valence-electron chi connectivity index (χ1n) is 3.72. The third kappa shape index (κ3) is 3.12. The van der Waals surface area contributed by atoms with E-state index in [1.165, 1.54) is 25.7 Å². The van der Waals surface area contributed by atoms with Gasteiger partial charge in [0, 0.05) is 0 Å². The molecule has 49 valence electrons. The Kier molecular flexibility index (Phi) is 3.20. The van der Waals surface area contributed by atoms with Gasteiger partial charge < -0.3 is 0 Å². The summed E-state index contributed by atoms with van der Waals surface area (Å²) in [6.07, 6.45) is 16.0. The lowest BCUT2D eigenvalue weighted by molar-refractivity contribution is 0.693. The molecule has 1 radical (unpaired) electrons. The molecule has 0 unspecified atom stereocenters. The Labute approximate surface area is 57.3 Å². The van der Waals surface area contributed by atoms with Crippen LogP contribution in [0.25, 0.3) is 0 Å². The van der Waals surface area contributed by atoms with Gasteiger partial charge in [-0.05, 0) is 31.8 Å². The van der Waals surface area contributed by atoms with Gasteiger partial charge in [-0.2, -0.15) is 0 Å². The predicted octanol–water partition coefficient (Wildman–Crippen LogP) is 2.87. The van der Waals surface area contributed by atoms with E-state index in [0.29, 0.717) is 0 Å². The fourth-order valence-electron chi connectivity index (χ4n) is 0.982. The molecule has 0 aromatic heterocycles. The average Bonchev–Trinajstić information content (AvgIpc) is 2.00. The van der Waals surface area contributed by atoms with Gasteiger partial charge in [0.05, 0.1) is 0 Å². The molecule has 0 bridgehead atoms. The van der Waals surface area contributed by atoms with E-state index >= 15 is 0 Å². The summed E-state index contributed by atoms with van der Waals surface area (Å²) in [6, 6.07) is 0. The third-order valence-corrected chi connectivity index (χ3v) is 1.54. The molecule has 1 aliphatic rings. The summed E-state index contributed by atoms with van der Waals surface area (Å²) in [6.45, 7) is 0. The molecule has 0 saturated heterocycles. The molecule has 0 nitrogen and oxygen atoms in total. The maximum Gasteiger partial charge on any atom is -0.0276 e. The summed E-state index contributed by atoms with van der Waals surface area (Å²) >= 11 is 0. The molecule has 9 heavy (non-hydrogen) atoms. The Bertz CT molecular complexity index is 95.2. The topological polar surface area (TPSA) is 0 Å². The van der Waals surface area contributed by atoms with Crippen LogP contribution in [0, 0.1) is 6.08 Å². The highest BCUT2D eigenvalue weighted by Crippen LogP contribution is 2.05. The number of hydrogen-bond donors (Lipinski definition) is 0. The highest BCUT2D eigenvalue weighted by molar-refractivity contribution is 4.99. The number of rotatable bonds is 0. The molecule has 0 amide bonds. The van der Waals surface area contributed by atoms with Crippen LogP contribution in [0.1, 0.15) is 32.1 Å². The van der Waals surface area contributed by atoms with Crippen molar-refractivity contribution in [1.29, 1.82) is 0 Å². The molecule has 1 aliphatic carbocycles. The van der Waals surface area contributed by atoms with Crippen LogP contribution in [0.2, 0.25) is 0 Å². The number of allylic oxidation sites excluding steroid dienone is 4. The van der Waals surface area contributed by atoms with Crippen molar-refractivity contribution < 1.29 is 0 Å². The van der Waals surface area contributed by atoms with Gasteiger partial charge in [0.1, 0.15) is 0 Å². The fourth-order valence-corrected chi connectivity index (χ4v) is 0.982. The molecule has 0 spiro atoms.